The van der Waals surface area contributed by atoms with Crippen LogP contribution in [-0.2, 0) is 19.5 Å². The number of rotatable bonds is 5. The largest absolute Gasteiger partial charge is 2.00 e. The van der Waals surface area contributed by atoms with Crippen LogP contribution in [0.2, 0.25) is 0 Å². The normalized spacial score (nSPS) is 13.5. The van der Waals surface area contributed by atoms with Crippen molar-refractivity contribution in [2.75, 3.05) is 0 Å². The number of oxazole rings is 1. The van der Waals surface area contributed by atoms with E-state index in [1.54, 1.807) is 0 Å². The summed E-state index contributed by atoms with van der Waals surface area (Å²) in [6.07, 6.45) is 0. The Balaban J connectivity index is 0.00000312. The quantitative estimate of drug-likeness (QED) is 0.137. The first kappa shape index (κ1) is 28.6. The summed E-state index contributed by atoms with van der Waals surface area (Å²) in [6, 6.07) is 60.9. The molecule has 1 aliphatic rings. The fourth-order valence-corrected chi connectivity index (χ4v) is 10.2. The fourth-order valence-electron chi connectivity index (χ4n) is 6.94. The van der Waals surface area contributed by atoms with Gasteiger partial charge in [-0.1, -0.05) is 125 Å². The first-order valence-corrected chi connectivity index (χ1v) is 16.8. The summed E-state index contributed by atoms with van der Waals surface area (Å²) in [4.78, 5) is 5.33. The molecule has 0 bridgehead atoms. The Morgan fingerprint density at radius 2 is 1.30 bits per heavy atom. The van der Waals surface area contributed by atoms with Crippen molar-refractivity contribution < 1.29 is 23.9 Å². The number of hydrogen-bond acceptors (Lipinski definition) is 2. The zero-order chi connectivity index (χ0) is 29.7. The van der Waals surface area contributed by atoms with Crippen LogP contribution in [-0.4, -0.2) is 13.8 Å². The van der Waals surface area contributed by atoms with Crippen molar-refractivity contribution in [2.24, 2.45) is 0 Å². The molecular weight excluding hydrogens is 628 g/mol. The molecule has 7 aromatic carbocycles. The molecule has 0 aliphatic heterocycles. The van der Waals surface area contributed by atoms with Gasteiger partial charge in [0.15, 0.2) is 11.5 Å². The molecule has 1 radical (unpaired) electrons. The van der Waals surface area contributed by atoms with Crippen molar-refractivity contribution in [1.82, 2.24) is 4.98 Å². The van der Waals surface area contributed by atoms with Gasteiger partial charge in [-0.3, -0.25) is 0 Å². The van der Waals surface area contributed by atoms with Crippen LogP contribution in [0.5, 0.6) is 0 Å². The summed E-state index contributed by atoms with van der Waals surface area (Å²) < 4.78 is 6.64. The van der Waals surface area contributed by atoms with Crippen LogP contribution >= 0.6 is 0 Å². The van der Waals surface area contributed by atoms with Crippen LogP contribution in [0.15, 0.2) is 156 Å². The summed E-state index contributed by atoms with van der Waals surface area (Å²) in [5, 5.41) is 4.86. The SMILES string of the molecule is [Zn+2].[c-]1ccccc1-c1[c-]c2c(-c3nc4c5c(ccc4o3)-c3ccccc3C5[Si](c3ccccc3)c3ccccc3)cccc2cc1. The molecule has 1 unspecified atom stereocenters. The van der Waals surface area contributed by atoms with Gasteiger partial charge in [0.05, 0.1) is 0 Å². The summed E-state index contributed by atoms with van der Waals surface area (Å²) in [7, 11) is -1.31. The van der Waals surface area contributed by atoms with Gasteiger partial charge in [-0.05, 0) is 33.9 Å². The second kappa shape index (κ2) is 11.8. The predicted molar refractivity (Wildman–Crippen MR) is 185 cm³/mol. The third kappa shape index (κ3) is 4.69. The van der Waals surface area contributed by atoms with Gasteiger partial charge in [0, 0.05) is 5.54 Å². The van der Waals surface area contributed by atoms with Crippen LogP contribution in [0.1, 0.15) is 16.7 Å². The minimum atomic E-state index is -1.31. The zero-order valence-corrected chi connectivity index (χ0v) is 29.0. The molecule has 1 heterocycles. The van der Waals surface area contributed by atoms with Crippen LogP contribution in [0.4, 0.5) is 0 Å². The van der Waals surface area contributed by atoms with Crippen molar-refractivity contribution in [3.63, 3.8) is 0 Å². The summed E-state index contributed by atoms with van der Waals surface area (Å²) in [6.45, 7) is 0. The molecule has 0 fully saturated rings. The van der Waals surface area contributed by atoms with Crippen molar-refractivity contribution in [3.05, 3.63) is 175 Å². The molecule has 0 amide bonds. The summed E-state index contributed by atoms with van der Waals surface area (Å²) in [5.74, 6) is 0.623. The molecule has 1 atom stereocenters. The summed E-state index contributed by atoms with van der Waals surface area (Å²) >= 11 is 0. The van der Waals surface area contributed by atoms with E-state index >= 15 is 0 Å². The van der Waals surface area contributed by atoms with E-state index in [4.69, 9.17) is 9.40 Å². The van der Waals surface area contributed by atoms with Crippen molar-refractivity contribution >= 4 is 41.0 Å². The third-order valence-electron chi connectivity index (χ3n) is 8.92. The van der Waals surface area contributed by atoms with Crippen molar-refractivity contribution in [3.8, 4) is 33.7 Å². The van der Waals surface area contributed by atoms with Gasteiger partial charge in [-0.2, -0.15) is 42.0 Å². The standard InChI is InChI=1S/C42H26NOSi.Zn/c1-4-13-28(14-5-1)30-24-23-29-15-12-22-36(37(29)27-30)42-43-40-38(44-42)26-25-34-33-20-10-11-21-35(33)41(39(34)40)45(31-16-6-2-7-17-31)32-18-8-3-9-19-32;/h1-13,15-26,41H;/q-2;+2. The van der Waals surface area contributed by atoms with E-state index in [0.29, 0.717) is 5.89 Å². The van der Waals surface area contributed by atoms with E-state index in [1.165, 1.54) is 32.6 Å². The van der Waals surface area contributed by atoms with E-state index in [1.807, 2.05) is 18.2 Å². The maximum Gasteiger partial charge on any atom is 2.00 e. The minimum absolute atomic E-state index is 0. The topological polar surface area (TPSA) is 26.0 Å². The van der Waals surface area contributed by atoms with E-state index in [0.717, 1.165) is 38.6 Å². The van der Waals surface area contributed by atoms with Gasteiger partial charge < -0.3 is 4.42 Å². The molecule has 8 aromatic rings. The number of hydrogen-bond donors (Lipinski definition) is 0. The van der Waals surface area contributed by atoms with Crippen LogP contribution < -0.4 is 10.4 Å². The Bertz CT molecular complexity index is 2290. The van der Waals surface area contributed by atoms with Gasteiger partial charge >= 0.3 is 19.5 Å². The van der Waals surface area contributed by atoms with E-state index in [2.05, 4.69) is 146 Å². The molecule has 1 aliphatic carbocycles. The predicted octanol–water partition coefficient (Wildman–Crippen LogP) is 8.87. The van der Waals surface area contributed by atoms with E-state index < -0.39 is 8.80 Å². The molecule has 0 spiro atoms. The third-order valence-corrected chi connectivity index (χ3v) is 12.0. The summed E-state index contributed by atoms with van der Waals surface area (Å²) in [5.41, 5.74) is 10.1. The van der Waals surface area contributed by atoms with Crippen LogP contribution in [0, 0.1) is 12.1 Å². The molecule has 1 aromatic heterocycles. The van der Waals surface area contributed by atoms with Crippen LogP contribution in [0.3, 0.4) is 0 Å². The Hall–Kier alpha value is -4.89. The maximum atomic E-state index is 6.64. The van der Waals surface area contributed by atoms with Gasteiger partial charge in [0.25, 0.3) is 0 Å². The van der Waals surface area contributed by atoms with Gasteiger partial charge in [0.2, 0.25) is 0 Å². The Kier molecular flexibility index (Phi) is 7.33. The van der Waals surface area contributed by atoms with Crippen LogP contribution in [0.25, 0.3) is 55.6 Å². The molecule has 0 N–H and O–H groups in total. The molecular formula is C42H26NOSiZn. The van der Waals surface area contributed by atoms with E-state index in [9.17, 15) is 0 Å². The van der Waals surface area contributed by atoms with Gasteiger partial charge in [-0.25, -0.2) is 10.5 Å². The minimum Gasteiger partial charge on any atom is -0.443 e. The second-order valence-electron chi connectivity index (χ2n) is 11.5. The van der Waals surface area contributed by atoms with Crippen molar-refractivity contribution in [2.45, 2.75) is 5.54 Å². The number of aromatic nitrogens is 1. The van der Waals surface area contributed by atoms with Gasteiger partial charge in [-0.15, -0.1) is 17.5 Å². The zero-order valence-electron chi connectivity index (χ0n) is 25.1. The average Bonchev–Trinajstić information content (AvgIpc) is 3.69. The molecule has 211 valence electrons. The molecule has 4 heteroatoms. The smallest absolute Gasteiger partial charge is 0.443 e. The first-order valence-electron chi connectivity index (χ1n) is 15.3. The Morgan fingerprint density at radius 1 is 0.587 bits per heavy atom. The van der Waals surface area contributed by atoms with Gasteiger partial charge in [0.1, 0.15) is 14.3 Å². The monoisotopic (exact) mass is 652 g/mol. The average molecular weight is 654 g/mol. The molecule has 2 nitrogen and oxygen atoms in total. The fraction of sp³-hybridized carbons (Fsp3) is 0.0238. The number of benzene rings is 7. The molecule has 9 rings (SSSR count). The maximum absolute atomic E-state index is 6.64. The molecule has 0 saturated heterocycles. The molecule has 0 saturated carbocycles. The van der Waals surface area contributed by atoms with Crippen molar-refractivity contribution in [1.29, 1.82) is 0 Å². The first-order chi connectivity index (χ1) is 22.3. The molecule has 46 heavy (non-hydrogen) atoms. The van der Waals surface area contributed by atoms with E-state index in [-0.39, 0.29) is 25.0 Å². The Labute approximate surface area is 282 Å². The number of fused-ring (bicyclic) bond motifs is 6. The second-order valence-corrected chi connectivity index (χ2v) is 14.0. The number of nitrogens with zero attached hydrogens (tertiary/aromatic N) is 1. The Morgan fingerprint density at radius 3 is 2.07 bits per heavy atom.